The van der Waals surface area contributed by atoms with E-state index in [1.54, 1.807) is 23.1 Å². The molecule has 104 valence electrons. The zero-order valence-corrected chi connectivity index (χ0v) is 12.9. The molecular weight excluding hydrogens is 288 g/mol. The van der Waals surface area contributed by atoms with Crippen LogP contribution in [0.1, 0.15) is 19.0 Å². The van der Waals surface area contributed by atoms with Gasteiger partial charge in [-0.05, 0) is 36.9 Å². The fourth-order valence-corrected chi connectivity index (χ4v) is 3.61. The van der Waals surface area contributed by atoms with Crippen molar-refractivity contribution in [3.63, 3.8) is 0 Å². The second-order valence-electron chi connectivity index (χ2n) is 4.37. The van der Waals surface area contributed by atoms with Crippen LogP contribution in [0, 0.1) is 0 Å². The van der Waals surface area contributed by atoms with Gasteiger partial charge < -0.3 is 5.32 Å². The van der Waals surface area contributed by atoms with E-state index in [0.29, 0.717) is 0 Å². The van der Waals surface area contributed by atoms with Crippen molar-refractivity contribution in [1.29, 1.82) is 0 Å². The molecule has 0 fully saturated rings. The Morgan fingerprint density at radius 3 is 3.15 bits per heavy atom. The number of pyridine rings is 1. The van der Waals surface area contributed by atoms with Crippen LogP contribution < -0.4 is 5.32 Å². The van der Waals surface area contributed by atoms with Gasteiger partial charge in [0.1, 0.15) is 10.1 Å². The molecule has 0 amide bonds. The van der Waals surface area contributed by atoms with E-state index in [1.165, 1.54) is 5.69 Å². The zero-order valence-electron chi connectivity index (χ0n) is 11.2. The van der Waals surface area contributed by atoms with Gasteiger partial charge in [-0.1, -0.05) is 13.0 Å². The molecule has 6 heteroatoms. The molecule has 0 atom stereocenters. The lowest BCUT2D eigenvalue weighted by Crippen LogP contribution is -2.15. The molecule has 0 aromatic carbocycles. The number of fused-ring (bicyclic) bond motifs is 1. The molecule has 20 heavy (non-hydrogen) atoms. The molecule has 0 aliphatic heterocycles. The quantitative estimate of drug-likeness (QED) is 0.708. The van der Waals surface area contributed by atoms with Gasteiger partial charge in [0.15, 0.2) is 4.96 Å². The molecule has 0 aliphatic rings. The van der Waals surface area contributed by atoms with Gasteiger partial charge in [-0.25, -0.2) is 9.97 Å². The maximum absolute atomic E-state index is 4.71. The van der Waals surface area contributed by atoms with Crippen molar-refractivity contribution in [3.8, 4) is 0 Å². The maximum atomic E-state index is 4.71. The van der Waals surface area contributed by atoms with E-state index in [9.17, 15) is 0 Å². The molecule has 0 radical (unpaired) electrons. The fraction of sp³-hybridized carbons (Fsp3) is 0.286. The van der Waals surface area contributed by atoms with Crippen LogP contribution in [0.4, 0.5) is 0 Å². The second-order valence-corrected chi connectivity index (χ2v) is 6.25. The zero-order chi connectivity index (χ0) is 13.8. The highest BCUT2D eigenvalue weighted by molar-refractivity contribution is 7.99. The molecule has 0 bridgehead atoms. The van der Waals surface area contributed by atoms with Gasteiger partial charge in [0.2, 0.25) is 0 Å². The van der Waals surface area contributed by atoms with E-state index in [-0.39, 0.29) is 0 Å². The van der Waals surface area contributed by atoms with Crippen LogP contribution in [0.15, 0.2) is 46.0 Å². The maximum Gasteiger partial charge on any atom is 0.194 e. The Balaban J connectivity index is 1.88. The molecule has 3 heterocycles. The molecule has 0 saturated heterocycles. The molecule has 0 spiro atoms. The number of aromatic nitrogens is 3. The topological polar surface area (TPSA) is 42.2 Å². The van der Waals surface area contributed by atoms with Crippen molar-refractivity contribution in [1.82, 2.24) is 19.7 Å². The van der Waals surface area contributed by atoms with E-state index < -0.39 is 0 Å². The summed E-state index contributed by atoms with van der Waals surface area (Å²) in [6, 6.07) is 5.95. The summed E-state index contributed by atoms with van der Waals surface area (Å²) >= 11 is 3.29. The Kier molecular flexibility index (Phi) is 4.34. The first-order valence-electron chi connectivity index (χ1n) is 6.62. The Morgan fingerprint density at radius 2 is 2.35 bits per heavy atom. The number of hydrogen-bond acceptors (Lipinski definition) is 5. The summed E-state index contributed by atoms with van der Waals surface area (Å²) in [5, 5.41) is 7.55. The number of nitrogens with zero attached hydrogens (tertiary/aromatic N) is 3. The van der Waals surface area contributed by atoms with Gasteiger partial charge in [-0.3, -0.25) is 4.40 Å². The standard InChI is InChI=1S/C14H16N4S2/c1-2-6-15-10-11-13(17-14-18(11)8-9-19-14)20-12-5-3-4-7-16-12/h3-5,7-9,15H,2,6,10H2,1H3. The first-order valence-corrected chi connectivity index (χ1v) is 8.32. The SMILES string of the molecule is CCCNCc1c(Sc2ccccn2)nc2sccn12. The summed E-state index contributed by atoms with van der Waals surface area (Å²) in [6.45, 7) is 4.03. The minimum absolute atomic E-state index is 0.834. The molecule has 3 aromatic heterocycles. The molecule has 0 unspecified atom stereocenters. The van der Waals surface area contributed by atoms with Crippen LogP contribution in [0.2, 0.25) is 0 Å². The van der Waals surface area contributed by atoms with Gasteiger partial charge in [-0.2, -0.15) is 0 Å². The van der Waals surface area contributed by atoms with Gasteiger partial charge in [0.25, 0.3) is 0 Å². The number of thiazole rings is 1. The Morgan fingerprint density at radius 1 is 1.40 bits per heavy atom. The predicted octanol–water partition coefficient (Wildman–Crippen LogP) is 3.44. The molecule has 0 aliphatic carbocycles. The molecule has 0 saturated carbocycles. The molecule has 3 rings (SSSR count). The van der Waals surface area contributed by atoms with Crippen molar-refractivity contribution in [3.05, 3.63) is 41.7 Å². The van der Waals surface area contributed by atoms with Crippen molar-refractivity contribution < 1.29 is 0 Å². The van der Waals surface area contributed by atoms with E-state index >= 15 is 0 Å². The van der Waals surface area contributed by atoms with E-state index in [2.05, 4.69) is 33.2 Å². The molecule has 4 nitrogen and oxygen atoms in total. The lowest BCUT2D eigenvalue weighted by molar-refractivity contribution is 0.653. The summed E-state index contributed by atoms with van der Waals surface area (Å²) < 4.78 is 2.17. The molecular formula is C14H16N4S2. The van der Waals surface area contributed by atoms with Crippen molar-refractivity contribution in [2.45, 2.75) is 29.9 Å². The summed E-state index contributed by atoms with van der Waals surface area (Å²) in [5.74, 6) is 0. The predicted molar refractivity (Wildman–Crippen MR) is 83.4 cm³/mol. The van der Waals surface area contributed by atoms with Crippen molar-refractivity contribution in [2.75, 3.05) is 6.54 Å². The van der Waals surface area contributed by atoms with Gasteiger partial charge >= 0.3 is 0 Å². The monoisotopic (exact) mass is 304 g/mol. The third-order valence-electron chi connectivity index (χ3n) is 2.88. The number of imidazole rings is 1. The average Bonchev–Trinajstić information content (AvgIpc) is 3.03. The number of nitrogens with one attached hydrogen (secondary N) is 1. The van der Waals surface area contributed by atoms with E-state index in [4.69, 9.17) is 4.98 Å². The Bertz CT molecular complexity index is 675. The van der Waals surface area contributed by atoms with Crippen LogP contribution in [0.3, 0.4) is 0 Å². The second kappa shape index (κ2) is 6.39. The fourth-order valence-electron chi connectivity index (χ4n) is 1.95. The summed E-state index contributed by atoms with van der Waals surface area (Å²) in [4.78, 5) is 10.1. The highest BCUT2D eigenvalue weighted by Crippen LogP contribution is 2.30. The average molecular weight is 304 g/mol. The van der Waals surface area contributed by atoms with Crippen molar-refractivity contribution in [2.24, 2.45) is 0 Å². The van der Waals surface area contributed by atoms with Crippen LogP contribution in [0.25, 0.3) is 4.96 Å². The summed E-state index contributed by atoms with van der Waals surface area (Å²) in [6.07, 6.45) is 5.03. The van der Waals surface area contributed by atoms with Crippen LogP contribution in [-0.4, -0.2) is 20.9 Å². The minimum atomic E-state index is 0.834. The first-order chi connectivity index (χ1) is 9.88. The van der Waals surface area contributed by atoms with Crippen molar-refractivity contribution >= 4 is 28.1 Å². The van der Waals surface area contributed by atoms with Crippen LogP contribution in [-0.2, 0) is 6.54 Å². The highest BCUT2D eigenvalue weighted by Gasteiger charge is 2.14. The number of hydrogen-bond donors (Lipinski definition) is 1. The lowest BCUT2D eigenvalue weighted by atomic mass is 10.4. The third-order valence-corrected chi connectivity index (χ3v) is 4.61. The molecule has 3 aromatic rings. The van der Waals surface area contributed by atoms with Gasteiger partial charge in [-0.15, -0.1) is 11.3 Å². The smallest absolute Gasteiger partial charge is 0.194 e. The minimum Gasteiger partial charge on any atom is -0.311 e. The Labute approximate surface area is 126 Å². The summed E-state index contributed by atoms with van der Waals surface area (Å²) in [5.41, 5.74) is 1.21. The Hall–Kier alpha value is -1.37. The molecule has 1 N–H and O–H groups in total. The van der Waals surface area contributed by atoms with E-state index in [1.807, 2.05) is 24.4 Å². The lowest BCUT2D eigenvalue weighted by Gasteiger charge is -2.05. The van der Waals surface area contributed by atoms with Crippen LogP contribution in [0.5, 0.6) is 0 Å². The first kappa shape index (κ1) is 13.6. The normalized spacial score (nSPS) is 11.2. The highest BCUT2D eigenvalue weighted by atomic mass is 32.2. The largest absolute Gasteiger partial charge is 0.311 e. The van der Waals surface area contributed by atoms with Gasteiger partial charge in [0.05, 0.1) is 5.69 Å². The van der Waals surface area contributed by atoms with Crippen LogP contribution >= 0.6 is 23.1 Å². The summed E-state index contributed by atoms with van der Waals surface area (Å²) in [7, 11) is 0. The van der Waals surface area contributed by atoms with Gasteiger partial charge in [0, 0.05) is 24.3 Å². The van der Waals surface area contributed by atoms with E-state index in [0.717, 1.165) is 34.5 Å². The third kappa shape index (κ3) is 2.87. The number of rotatable bonds is 6.